The zero-order valence-electron chi connectivity index (χ0n) is 16.1. The highest BCUT2D eigenvalue weighted by atomic mass is 16.5. The molecule has 3 aromatic rings. The maximum Gasteiger partial charge on any atom is 0.231 e. The molecule has 6 nitrogen and oxygen atoms in total. The molecule has 0 bridgehead atoms. The van der Waals surface area contributed by atoms with Crippen molar-refractivity contribution < 1.29 is 9.53 Å². The number of hydrogen-bond donors (Lipinski definition) is 1. The SMILES string of the molecule is COc1cccc(CC(=O)N2CCc3ccc(Nc4cccc(C#N)n4)cc32)c1. The van der Waals surface area contributed by atoms with Crippen molar-refractivity contribution in [3.05, 3.63) is 77.5 Å². The lowest BCUT2D eigenvalue weighted by atomic mass is 10.1. The van der Waals surface area contributed by atoms with Crippen LogP contribution in [-0.4, -0.2) is 24.5 Å². The average molecular weight is 384 g/mol. The van der Waals surface area contributed by atoms with E-state index < -0.39 is 0 Å². The van der Waals surface area contributed by atoms with Crippen LogP contribution in [-0.2, 0) is 17.6 Å². The first kappa shape index (κ1) is 18.5. The summed E-state index contributed by atoms with van der Waals surface area (Å²) in [4.78, 5) is 19.0. The van der Waals surface area contributed by atoms with Crippen molar-refractivity contribution >= 4 is 23.1 Å². The van der Waals surface area contributed by atoms with Gasteiger partial charge in [-0.25, -0.2) is 4.98 Å². The Hall–Kier alpha value is -3.85. The van der Waals surface area contributed by atoms with Gasteiger partial charge < -0.3 is 15.0 Å². The molecule has 1 aromatic heterocycles. The lowest BCUT2D eigenvalue weighted by Crippen LogP contribution is -2.30. The van der Waals surface area contributed by atoms with Crippen molar-refractivity contribution in [2.24, 2.45) is 0 Å². The zero-order chi connectivity index (χ0) is 20.2. The largest absolute Gasteiger partial charge is 0.497 e. The highest BCUT2D eigenvalue weighted by Gasteiger charge is 2.25. The summed E-state index contributed by atoms with van der Waals surface area (Å²) in [6.07, 6.45) is 1.15. The summed E-state index contributed by atoms with van der Waals surface area (Å²) in [6, 6.07) is 20.8. The molecule has 0 aliphatic carbocycles. The summed E-state index contributed by atoms with van der Waals surface area (Å²) in [7, 11) is 1.62. The number of aromatic nitrogens is 1. The van der Waals surface area contributed by atoms with E-state index in [1.165, 1.54) is 0 Å². The van der Waals surface area contributed by atoms with Crippen LogP contribution < -0.4 is 15.0 Å². The fourth-order valence-corrected chi connectivity index (χ4v) is 3.48. The molecular weight excluding hydrogens is 364 g/mol. The van der Waals surface area contributed by atoms with E-state index in [1.807, 2.05) is 53.4 Å². The van der Waals surface area contributed by atoms with Crippen molar-refractivity contribution in [2.45, 2.75) is 12.8 Å². The Morgan fingerprint density at radius 2 is 2.07 bits per heavy atom. The van der Waals surface area contributed by atoms with E-state index in [0.717, 1.165) is 34.7 Å². The first-order valence-corrected chi connectivity index (χ1v) is 9.36. The van der Waals surface area contributed by atoms with Crippen LogP contribution in [0.15, 0.2) is 60.7 Å². The number of methoxy groups -OCH3 is 1. The van der Waals surface area contributed by atoms with Crippen LogP contribution >= 0.6 is 0 Å². The molecule has 1 N–H and O–H groups in total. The number of nitriles is 1. The number of anilines is 3. The maximum absolute atomic E-state index is 12.9. The van der Waals surface area contributed by atoms with Crippen LogP contribution in [0.25, 0.3) is 0 Å². The Kier molecular flexibility index (Phi) is 5.12. The van der Waals surface area contributed by atoms with E-state index in [0.29, 0.717) is 24.5 Å². The summed E-state index contributed by atoms with van der Waals surface area (Å²) in [6.45, 7) is 0.670. The molecule has 0 atom stereocenters. The van der Waals surface area contributed by atoms with E-state index >= 15 is 0 Å². The van der Waals surface area contributed by atoms with Crippen molar-refractivity contribution in [2.75, 3.05) is 23.9 Å². The third-order valence-electron chi connectivity index (χ3n) is 4.91. The van der Waals surface area contributed by atoms with E-state index in [2.05, 4.69) is 10.3 Å². The Labute approximate surface area is 169 Å². The number of nitrogens with one attached hydrogen (secondary N) is 1. The molecule has 0 radical (unpaired) electrons. The van der Waals surface area contributed by atoms with Gasteiger partial charge in [-0.1, -0.05) is 24.3 Å². The highest BCUT2D eigenvalue weighted by Crippen LogP contribution is 2.32. The fraction of sp³-hybridized carbons (Fsp3) is 0.174. The van der Waals surface area contributed by atoms with Crippen LogP contribution in [0.1, 0.15) is 16.8 Å². The number of benzene rings is 2. The Morgan fingerprint density at radius 1 is 1.21 bits per heavy atom. The number of fused-ring (bicyclic) bond motifs is 1. The first-order chi connectivity index (χ1) is 14.2. The Morgan fingerprint density at radius 3 is 2.90 bits per heavy atom. The van der Waals surface area contributed by atoms with Crippen molar-refractivity contribution in [1.29, 1.82) is 5.26 Å². The van der Waals surface area contributed by atoms with Gasteiger partial charge >= 0.3 is 0 Å². The first-order valence-electron chi connectivity index (χ1n) is 9.36. The quantitative estimate of drug-likeness (QED) is 0.723. The Bertz CT molecular complexity index is 1100. The van der Waals surface area contributed by atoms with Crippen molar-refractivity contribution in [3.8, 4) is 11.8 Å². The van der Waals surface area contributed by atoms with Crippen LogP contribution in [0, 0.1) is 11.3 Å². The molecule has 1 aliphatic heterocycles. The predicted octanol–water partition coefficient (Wildman–Crippen LogP) is 3.84. The second-order valence-corrected chi connectivity index (χ2v) is 6.81. The number of carbonyl (C=O) groups is 1. The number of pyridine rings is 1. The molecule has 144 valence electrons. The topological polar surface area (TPSA) is 78.2 Å². The summed E-state index contributed by atoms with van der Waals surface area (Å²) in [5.41, 5.74) is 4.17. The van der Waals surface area contributed by atoms with Gasteiger partial charge in [0, 0.05) is 17.9 Å². The van der Waals surface area contributed by atoms with Gasteiger partial charge in [0.2, 0.25) is 5.91 Å². The number of hydrogen-bond acceptors (Lipinski definition) is 5. The molecule has 0 unspecified atom stereocenters. The highest BCUT2D eigenvalue weighted by molar-refractivity contribution is 5.97. The molecule has 2 aromatic carbocycles. The summed E-state index contributed by atoms with van der Waals surface area (Å²) in [5.74, 6) is 1.39. The molecule has 29 heavy (non-hydrogen) atoms. The number of amides is 1. The minimum absolute atomic E-state index is 0.0544. The molecule has 4 rings (SSSR count). The van der Waals surface area contributed by atoms with Gasteiger partial charge in [0.15, 0.2) is 0 Å². The van der Waals surface area contributed by atoms with Gasteiger partial charge in [0.05, 0.1) is 13.5 Å². The molecule has 0 saturated heterocycles. The predicted molar refractivity (Wildman–Crippen MR) is 111 cm³/mol. The van der Waals surface area contributed by atoms with Gasteiger partial charge in [0.1, 0.15) is 23.3 Å². The van der Waals surface area contributed by atoms with Gasteiger partial charge in [-0.2, -0.15) is 5.26 Å². The van der Waals surface area contributed by atoms with Crippen LogP contribution in [0.4, 0.5) is 17.2 Å². The van der Waals surface area contributed by atoms with E-state index in [1.54, 1.807) is 25.3 Å². The van der Waals surface area contributed by atoms with Crippen molar-refractivity contribution in [1.82, 2.24) is 4.98 Å². The molecule has 0 spiro atoms. The third-order valence-corrected chi connectivity index (χ3v) is 4.91. The van der Waals surface area contributed by atoms with Crippen LogP contribution in [0.2, 0.25) is 0 Å². The minimum atomic E-state index is 0.0544. The lowest BCUT2D eigenvalue weighted by molar-refractivity contribution is -0.117. The number of rotatable bonds is 5. The van der Waals surface area contributed by atoms with Gasteiger partial charge in [-0.05, 0) is 53.9 Å². The average Bonchev–Trinajstić information content (AvgIpc) is 3.17. The molecule has 0 fully saturated rings. The summed E-state index contributed by atoms with van der Waals surface area (Å²) < 4.78 is 5.25. The molecule has 1 aliphatic rings. The van der Waals surface area contributed by atoms with E-state index in [-0.39, 0.29) is 5.91 Å². The zero-order valence-corrected chi connectivity index (χ0v) is 16.1. The second-order valence-electron chi connectivity index (χ2n) is 6.81. The molecule has 0 saturated carbocycles. The number of carbonyl (C=O) groups excluding carboxylic acids is 1. The molecule has 1 amide bonds. The summed E-state index contributed by atoms with van der Waals surface area (Å²) >= 11 is 0. The standard InChI is InChI=1S/C23H20N4O2/c1-29-20-6-2-4-16(12-20)13-23(28)27-11-10-17-8-9-18(14-21(17)27)25-22-7-3-5-19(15-24)26-22/h2-9,12,14H,10-11,13H2,1H3,(H,25,26). The van der Waals surface area contributed by atoms with Gasteiger partial charge in [-0.3, -0.25) is 4.79 Å². The smallest absolute Gasteiger partial charge is 0.231 e. The monoisotopic (exact) mass is 384 g/mol. The van der Waals surface area contributed by atoms with E-state index in [4.69, 9.17) is 10.00 Å². The Balaban J connectivity index is 1.53. The van der Waals surface area contributed by atoms with Crippen molar-refractivity contribution in [3.63, 3.8) is 0 Å². The van der Waals surface area contributed by atoms with Gasteiger partial charge in [0.25, 0.3) is 0 Å². The van der Waals surface area contributed by atoms with E-state index in [9.17, 15) is 4.79 Å². The number of ether oxygens (including phenoxy) is 1. The summed E-state index contributed by atoms with van der Waals surface area (Å²) in [5, 5.41) is 12.2. The molecule has 2 heterocycles. The fourth-order valence-electron chi connectivity index (χ4n) is 3.48. The normalized spacial score (nSPS) is 12.2. The third kappa shape index (κ3) is 4.04. The second kappa shape index (κ2) is 8.03. The van der Waals surface area contributed by atoms with Crippen LogP contribution in [0.3, 0.4) is 0 Å². The van der Waals surface area contributed by atoms with Crippen LogP contribution in [0.5, 0.6) is 5.75 Å². The molecular formula is C23H20N4O2. The lowest BCUT2D eigenvalue weighted by Gasteiger charge is -2.18. The number of nitrogens with zero attached hydrogens (tertiary/aromatic N) is 3. The van der Waals surface area contributed by atoms with Gasteiger partial charge in [-0.15, -0.1) is 0 Å². The molecule has 6 heteroatoms. The maximum atomic E-state index is 12.9. The minimum Gasteiger partial charge on any atom is -0.497 e.